The van der Waals surface area contributed by atoms with E-state index < -0.39 is 0 Å². The number of fused-ring (bicyclic) bond motifs is 1. The Hall–Kier alpha value is -3.35. The molecule has 1 atom stereocenters. The molecule has 1 aliphatic heterocycles. The third-order valence-corrected chi connectivity index (χ3v) is 6.74. The van der Waals surface area contributed by atoms with E-state index in [1.807, 2.05) is 23.4 Å². The number of likely N-dealkylation sites (tertiary alicyclic amines) is 1. The summed E-state index contributed by atoms with van der Waals surface area (Å²) in [5.41, 5.74) is 7.22. The van der Waals surface area contributed by atoms with Crippen LogP contribution < -0.4 is 10.1 Å². The summed E-state index contributed by atoms with van der Waals surface area (Å²) in [6.45, 7) is 3.82. The lowest BCUT2D eigenvalue weighted by Crippen LogP contribution is -2.25. The fourth-order valence-corrected chi connectivity index (χ4v) is 4.98. The van der Waals surface area contributed by atoms with Gasteiger partial charge in [-0.1, -0.05) is 6.07 Å². The number of H-pyrrole nitrogens is 1. The van der Waals surface area contributed by atoms with Crippen molar-refractivity contribution in [2.24, 2.45) is 0 Å². The van der Waals surface area contributed by atoms with Crippen LogP contribution in [0, 0.1) is 0 Å². The molecule has 1 aliphatic carbocycles. The van der Waals surface area contributed by atoms with E-state index in [9.17, 15) is 4.79 Å². The Morgan fingerprint density at radius 1 is 1.28 bits per heavy atom. The predicted octanol–water partition coefficient (Wildman–Crippen LogP) is 3.92. The van der Waals surface area contributed by atoms with E-state index in [2.05, 4.69) is 38.7 Å². The molecule has 3 aromatic rings. The van der Waals surface area contributed by atoms with Crippen molar-refractivity contribution in [2.75, 3.05) is 25.5 Å². The number of carbonyl (C=O) groups is 1. The summed E-state index contributed by atoms with van der Waals surface area (Å²) in [6.07, 6.45) is 8.15. The van der Waals surface area contributed by atoms with E-state index in [0.717, 1.165) is 66.3 Å². The minimum atomic E-state index is 0.131. The molecule has 166 valence electrons. The molecule has 3 heterocycles. The summed E-state index contributed by atoms with van der Waals surface area (Å²) in [4.78, 5) is 18.2. The molecule has 7 nitrogen and oxygen atoms in total. The van der Waals surface area contributed by atoms with Gasteiger partial charge in [-0.25, -0.2) is 4.98 Å². The Balaban J connectivity index is 1.34. The number of anilines is 1. The molecule has 2 aliphatic rings. The molecule has 0 radical (unpaired) electrons. The number of methoxy groups -OCH3 is 1. The smallest absolute Gasteiger partial charge is 0.219 e. The summed E-state index contributed by atoms with van der Waals surface area (Å²) in [5.74, 6) is 2.15. The summed E-state index contributed by atoms with van der Waals surface area (Å²) < 4.78 is 5.64. The molecule has 7 heteroatoms. The Labute approximate surface area is 188 Å². The van der Waals surface area contributed by atoms with Crippen LogP contribution in [0.15, 0.2) is 36.7 Å². The number of hydrogen-bond donors (Lipinski definition) is 2. The summed E-state index contributed by atoms with van der Waals surface area (Å²) in [6, 6.07) is 8.53. The molecule has 0 spiro atoms. The largest absolute Gasteiger partial charge is 0.496 e. The topological polar surface area (TPSA) is 83.1 Å². The highest BCUT2D eigenvalue weighted by atomic mass is 16.5. The number of nitrogens with zero attached hydrogens (tertiary/aromatic N) is 3. The van der Waals surface area contributed by atoms with Crippen molar-refractivity contribution in [3.8, 4) is 16.9 Å². The van der Waals surface area contributed by atoms with Crippen LogP contribution in [0.25, 0.3) is 11.1 Å². The fraction of sp³-hybridized carbons (Fsp3) is 0.400. The van der Waals surface area contributed by atoms with Crippen molar-refractivity contribution >= 4 is 11.7 Å². The SMILES string of the molecule is COc1cc2c(cc1CNc1cc(-c3cn[nH]c3[C@@H]3CCN(C(C)=O)C3)ccn1)CCC2. The number of carbonyl (C=O) groups excluding carboxylic acids is 1. The van der Waals surface area contributed by atoms with E-state index in [-0.39, 0.29) is 11.8 Å². The molecular formula is C25H29N5O2. The molecule has 1 fully saturated rings. The number of benzene rings is 1. The van der Waals surface area contributed by atoms with Gasteiger partial charge in [-0.2, -0.15) is 5.10 Å². The van der Waals surface area contributed by atoms with Crippen LogP contribution in [-0.2, 0) is 24.2 Å². The van der Waals surface area contributed by atoms with Crippen LogP contribution in [0.5, 0.6) is 5.75 Å². The monoisotopic (exact) mass is 431 g/mol. The predicted molar refractivity (Wildman–Crippen MR) is 124 cm³/mol. The average molecular weight is 432 g/mol. The van der Waals surface area contributed by atoms with Gasteiger partial charge in [-0.15, -0.1) is 0 Å². The van der Waals surface area contributed by atoms with Crippen LogP contribution in [0.1, 0.15) is 48.1 Å². The van der Waals surface area contributed by atoms with Gasteiger partial charge in [0.2, 0.25) is 5.91 Å². The molecule has 0 bridgehead atoms. The van der Waals surface area contributed by atoms with Gasteiger partial charge in [0.15, 0.2) is 0 Å². The van der Waals surface area contributed by atoms with Crippen molar-refractivity contribution in [3.63, 3.8) is 0 Å². The molecule has 5 rings (SSSR count). The number of aromatic amines is 1. The maximum atomic E-state index is 11.7. The lowest BCUT2D eigenvalue weighted by molar-refractivity contribution is -0.127. The minimum absolute atomic E-state index is 0.131. The maximum absolute atomic E-state index is 11.7. The van der Waals surface area contributed by atoms with Crippen molar-refractivity contribution in [2.45, 2.75) is 45.1 Å². The van der Waals surface area contributed by atoms with Gasteiger partial charge >= 0.3 is 0 Å². The first kappa shape index (κ1) is 20.5. The number of rotatable bonds is 6. The molecule has 0 unspecified atom stereocenters. The van der Waals surface area contributed by atoms with Crippen LogP contribution in [0.4, 0.5) is 5.82 Å². The molecule has 0 saturated carbocycles. The van der Waals surface area contributed by atoms with Crippen LogP contribution >= 0.6 is 0 Å². The first-order valence-corrected chi connectivity index (χ1v) is 11.3. The first-order valence-electron chi connectivity index (χ1n) is 11.3. The average Bonchev–Trinajstić information content (AvgIpc) is 3.56. The highest BCUT2D eigenvalue weighted by molar-refractivity contribution is 5.74. The molecule has 1 saturated heterocycles. The van der Waals surface area contributed by atoms with Crippen molar-refractivity contribution in [1.29, 1.82) is 0 Å². The zero-order valence-electron chi connectivity index (χ0n) is 18.6. The Morgan fingerprint density at radius 3 is 2.91 bits per heavy atom. The van der Waals surface area contributed by atoms with Gasteiger partial charge < -0.3 is 15.0 Å². The molecule has 2 aromatic heterocycles. The number of aromatic nitrogens is 3. The van der Waals surface area contributed by atoms with Gasteiger partial charge in [0.1, 0.15) is 11.6 Å². The fourth-order valence-electron chi connectivity index (χ4n) is 4.98. The minimum Gasteiger partial charge on any atom is -0.496 e. The Morgan fingerprint density at radius 2 is 2.12 bits per heavy atom. The lowest BCUT2D eigenvalue weighted by atomic mass is 9.97. The van der Waals surface area contributed by atoms with E-state index in [0.29, 0.717) is 6.54 Å². The standard InChI is InChI=1S/C25H29N5O2/c1-16(31)30-9-7-20(15-30)25-22(14-28-29-25)19-6-8-26-24(12-19)27-13-21-10-17-4-3-5-18(17)11-23(21)32-2/h6,8,10-12,14,20H,3-5,7,9,13,15H2,1-2H3,(H,26,27)(H,28,29)/t20-/m1/s1. The van der Waals surface area contributed by atoms with Gasteiger partial charge in [-0.05, 0) is 60.6 Å². The van der Waals surface area contributed by atoms with Crippen molar-refractivity contribution in [3.05, 3.63) is 59.0 Å². The summed E-state index contributed by atoms with van der Waals surface area (Å²) >= 11 is 0. The first-order chi connectivity index (χ1) is 15.6. The molecule has 1 amide bonds. The van der Waals surface area contributed by atoms with Gasteiger partial charge in [-0.3, -0.25) is 9.89 Å². The second-order valence-corrected chi connectivity index (χ2v) is 8.72. The van der Waals surface area contributed by atoms with Gasteiger partial charge in [0.25, 0.3) is 0 Å². The number of hydrogen-bond acceptors (Lipinski definition) is 5. The van der Waals surface area contributed by atoms with E-state index in [4.69, 9.17) is 4.74 Å². The Kier molecular flexibility index (Phi) is 5.55. The maximum Gasteiger partial charge on any atom is 0.219 e. The Bertz CT molecular complexity index is 1140. The van der Waals surface area contributed by atoms with Crippen molar-refractivity contribution < 1.29 is 9.53 Å². The second kappa shape index (κ2) is 8.65. The zero-order chi connectivity index (χ0) is 22.1. The quantitative estimate of drug-likeness (QED) is 0.618. The molecule has 1 aromatic carbocycles. The third kappa shape index (κ3) is 3.95. The molecule has 32 heavy (non-hydrogen) atoms. The van der Waals surface area contributed by atoms with Crippen LogP contribution in [0.3, 0.4) is 0 Å². The normalized spacial score (nSPS) is 17.4. The van der Waals surface area contributed by atoms with Crippen LogP contribution in [0.2, 0.25) is 0 Å². The van der Waals surface area contributed by atoms with Crippen molar-refractivity contribution in [1.82, 2.24) is 20.1 Å². The lowest BCUT2D eigenvalue weighted by Gasteiger charge is -2.15. The van der Waals surface area contributed by atoms with E-state index in [1.54, 1.807) is 14.0 Å². The third-order valence-electron chi connectivity index (χ3n) is 6.74. The number of pyridine rings is 1. The second-order valence-electron chi connectivity index (χ2n) is 8.72. The zero-order valence-corrected chi connectivity index (χ0v) is 18.6. The number of aryl methyl sites for hydroxylation is 2. The number of amides is 1. The molecular weight excluding hydrogens is 402 g/mol. The highest BCUT2D eigenvalue weighted by Gasteiger charge is 2.28. The summed E-state index contributed by atoms with van der Waals surface area (Å²) in [7, 11) is 1.73. The number of nitrogens with one attached hydrogen (secondary N) is 2. The highest BCUT2D eigenvalue weighted by Crippen LogP contribution is 2.34. The van der Waals surface area contributed by atoms with E-state index in [1.165, 1.54) is 17.5 Å². The summed E-state index contributed by atoms with van der Waals surface area (Å²) in [5, 5.41) is 10.9. The van der Waals surface area contributed by atoms with Gasteiger partial charge in [0, 0.05) is 55.5 Å². The van der Waals surface area contributed by atoms with E-state index >= 15 is 0 Å². The van der Waals surface area contributed by atoms with Crippen LogP contribution in [-0.4, -0.2) is 46.2 Å². The van der Waals surface area contributed by atoms with Gasteiger partial charge in [0.05, 0.1) is 13.3 Å². The molecule has 2 N–H and O–H groups in total. The number of ether oxygens (including phenoxy) is 1.